The molecule has 2 nitrogen and oxygen atoms in total. The molecule has 0 aliphatic rings. The average molecular weight is 272 g/mol. The molecule has 0 spiro atoms. The smallest absolute Gasteiger partial charge is 0.197 e. The summed E-state index contributed by atoms with van der Waals surface area (Å²) in [4.78, 5) is 0. The Labute approximate surface area is 120 Å². The van der Waals surface area contributed by atoms with E-state index in [0.717, 1.165) is 0 Å². The second-order valence-corrected chi connectivity index (χ2v) is 0.204. The summed E-state index contributed by atoms with van der Waals surface area (Å²) < 4.78 is 16.6. The molecule has 0 fully saturated rings. The van der Waals surface area contributed by atoms with Crippen LogP contribution in [-0.2, 0) is 33.9 Å². The first-order valence-corrected chi connectivity index (χ1v) is 2.50. The van der Waals surface area contributed by atoms with Gasteiger partial charge in [-0.15, -0.1) is 0 Å². The van der Waals surface area contributed by atoms with Crippen molar-refractivity contribution in [3.05, 3.63) is 0 Å². The fourth-order valence-electron chi connectivity index (χ4n) is 0. The maximum Gasteiger partial charge on any atom is 0.335 e. The predicted molar refractivity (Wildman–Crippen MR) is 56.9 cm³/mol. The van der Waals surface area contributed by atoms with Crippen LogP contribution >= 0.6 is 40.5 Å². The molecule has 0 saturated heterocycles. The molecule has 0 amide bonds. The Balaban J connectivity index is -0.00000000246. The number of hydrogen-bond donors (Lipinski definition) is 0. The van der Waals surface area contributed by atoms with Gasteiger partial charge in [0.2, 0.25) is 0 Å². The van der Waals surface area contributed by atoms with Crippen molar-refractivity contribution < 1.29 is 47.6 Å². The minimum absolute atomic E-state index is 0. The normalized spacial score (nSPS) is 1.78. The third-order valence-electron chi connectivity index (χ3n) is 0. The molecule has 0 N–H and O–H groups in total. The maximum absolute atomic E-state index is 8.29. The summed E-state index contributed by atoms with van der Waals surface area (Å²) in [6.07, 6.45) is 0. The standard InChI is InChI=1S/Ar.O2S.S2.3H2S.H2/c;1-3-2;1-2;;;;/h;;;3*1H2;1H. The molecular weight excluding hydrogens is 264 g/mol. The zero-order valence-corrected chi connectivity index (χ0v) is 10.1. The third-order valence-corrected chi connectivity index (χ3v) is 0. The summed E-state index contributed by atoms with van der Waals surface area (Å²) in [5, 5.41) is 0. The van der Waals surface area contributed by atoms with Crippen LogP contribution in [0.5, 0.6) is 0 Å². The molecule has 0 aliphatic heterocycles. The quantitative estimate of drug-likeness (QED) is 0.617. The SMILES string of the molecule is O=S=O.S.S.S.S=S.[Ar].[HH]. The molecule has 64 valence electrons. The van der Waals surface area contributed by atoms with E-state index < -0.39 is 11.6 Å². The Morgan fingerprint density at radius 2 is 1.00 bits per heavy atom. The summed E-state index contributed by atoms with van der Waals surface area (Å²) in [6.45, 7) is 0. The maximum atomic E-state index is 8.29. The summed E-state index contributed by atoms with van der Waals surface area (Å²) in [5.74, 6) is 0. The first-order valence-electron chi connectivity index (χ1n) is 0.500. The van der Waals surface area contributed by atoms with Crippen molar-refractivity contribution in [3.63, 3.8) is 0 Å². The van der Waals surface area contributed by atoms with Crippen molar-refractivity contribution in [1.29, 1.82) is 0 Å². The van der Waals surface area contributed by atoms with Crippen LogP contribution < -0.4 is 0 Å². The first-order chi connectivity index (χ1) is 2.41. The van der Waals surface area contributed by atoms with Gasteiger partial charge < -0.3 is 0 Å². The second kappa shape index (κ2) is 76.0. The van der Waals surface area contributed by atoms with Crippen molar-refractivity contribution in [1.82, 2.24) is 0 Å². The number of rotatable bonds is 0. The third kappa shape index (κ3) is 118. The second-order valence-electron chi connectivity index (χ2n) is 0.0680. The van der Waals surface area contributed by atoms with Gasteiger partial charge >= 0.3 is 11.6 Å². The van der Waals surface area contributed by atoms with Crippen LogP contribution in [0.15, 0.2) is 0 Å². The van der Waals surface area contributed by atoms with Gasteiger partial charge in [-0.2, -0.15) is 48.9 Å². The molecule has 9 heteroatoms. The minimum atomic E-state index is -0.750. The largest absolute Gasteiger partial charge is 0.335 e. The summed E-state index contributed by atoms with van der Waals surface area (Å²) in [7, 11) is 0. The molecule has 0 rings (SSSR count). The van der Waals surface area contributed by atoms with Crippen molar-refractivity contribution >= 4 is 74.4 Å². The van der Waals surface area contributed by atoms with E-state index in [-0.39, 0.29) is 79.7 Å². The van der Waals surface area contributed by atoms with Gasteiger partial charge in [0.1, 0.15) is 0 Å². The molecule has 0 saturated carbocycles. The molecule has 0 radical (unpaired) electrons. The van der Waals surface area contributed by atoms with Crippen LogP contribution in [0.1, 0.15) is 1.43 Å². The Morgan fingerprint density at radius 3 is 1.00 bits per heavy atom. The Morgan fingerprint density at radius 1 is 1.00 bits per heavy atom. The molecule has 0 aromatic carbocycles. The Kier molecular flexibility index (Phi) is 352. The van der Waals surface area contributed by atoms with Crippen molar-refractivity contribution in [2.24, 2.45) is 0 Å². The van der Waals surface area contributed by atoms with Crippen molar-refractivity contribution in [2.75, 3.05) is 0 Å². The monoisotopic (exact) mass is 272 g/mol. The van der Waals surface area contributed by atoms with Crippen molar-refractivity contribution in [3.8, 4) is 0 Å². The van der Waals surface area contributed by atoms with Crippen LogP contribution in [0.2, 0.25) is 0 Å². The van der Waals surface area contributed by atoms with Gasteiger partial charge in [-0.05, 0) is 0 Å². The molecule has 0 heterocycles. The summed E-state index contributed by atoms with van der Waals surface area (Å²) in [6, 6.07) is 0. The molecule has 0 aromatic heterocycles. The molecule has 0 aliphatic carbocycles. The Hall–Kier alpha value is 2.57. The average Bonchev–Trinajstić information content (AvgIpc) is 1.46. The van der Waals surface area contributed by atoms with E-state index >= 15 is 0 Å². The topological polar surface area (TPSA) is 34.1 Å². The first kappa shape index (κ1) is 41.7. The van der Waals surface area contributed by atoms with Crippen LogP contribution in [0.3, 0.4) is 0 Å². The van der Waals surface area contributed by atoms with Gasteiger partial charge in [0, 0.05) is 61.5 Å². The molecule has 9 heavy (non-hydrogen) atoms. The zero-order chi connectivity index (χ0) is 4.71. The molecule has 0 unspecified atom stereocenters. The van der Waals surface area contributed by atoms with E-state index in [2.05, 4.69) is 22.4 Å². The van der Waals surface area contributed by atoms with Gasteiger partial charge in [0.15, 0.2) is 0 Å². The van der Waals surface area contributed by atoms with Gasteiger partial charge in [0.25, 0.3) is 0 Å². The fraction of sp³-hybridized carbons (Fsp3) is 0. The van der Waals surface area contributed by atoms with Gasteiger partial charge in [0.05, 0.1) is 0 Å². The fourth-order valence-corrected chi connectivity index (χ4v) is 0. The van der Waals surface area contributed by atoms with Crippen LogP contribution in [0.4, 0.5) is 0 Å². The summed E-state index contributed by atoms with van der Waals surface area (Å²) in [5.41, 5.74) is 0. The van der Waals surface area contributed by atoms with E-state index in [1.165, 1.54) is 0 Å². The van der Waals surface area contributed by atoms with Crippen LogP contribution in [0, 0.1) is 37.7 Å². The molecular formula is H8ArO2S6. The number of hydrogen-bond acceptors (Lipinski definition) is 4. The van der Waals surface area contributed by atoms with Gasteiger partial charge in [-0.1, -0.05) is 0 Å². The van der Waals surface area contributed by atoms with Crippen LogP contribution in [0.25, 0.3) is 0 Å². The molecule has 0 bridgehead atoms. The van der Waals surface area contributed by atoms with Gasteiger partial charge in [-0.3, -0.25) is 0 Å². The summed E-state index contributed by atoms with van der Waals surface area (Å²) >= 11 is 6.58. The zero-order valence-electron chi connectivity index (χ0n) is 3.89. The van der Waals surface area contributed by atoms with Crippen molar-refractivity contribution in [2.45, 2.75) is 0 Å². The predicted octanol–water partition coefficient (Wildman–Crippen LogP) is -0.0906. The van der Waals surface area contributed by atoms with Crippen LogP contribution in [-0.4, -0.2) is 8.42 Å². The molecule has 0 aromatic rings. The Bertz CT molecular complexity index is 45.0. The van der Waals surface area contributed by atoms with E-state index in [1.54, 1.807) is 0 Å². The molecule has 0 atom stereocenters. The van der Waals surface area contributed by atoms with E-state index in [9.17, 15) is 0 Å². The van der Waals surface area contributed by atoms with E-state index in [0.29, 0.717) is 0 Å². The van der Waals surface area contributed by atoms with E-state index in [4.69, 9.17) is 8.42 Å². The van der Waals surface area contributed by atoms with E-state index in [1.807, 2.05) is 0 Å². The minimum Gasteiger partial charge on any atom is -0.197 e. The van der Waals surface area contributed by atoms with Gasteiger partial charge in [-0.25, -0.2) is 0 Å².